The zero-order valence-corrected chi connectivity index (χ0v) is 28.9. The molecule has 0 radical (unpaired) electrons. The Morgan fingerprint density at radius 1 is 0.674 bits per heavy atom. The molecule has 0 bridgehead atoms. The average Bonchev–Trinajstić information content (AvgIpc) is 3.46. The summed E-state index contributed by atoms with van der Waals surface area (Å²) >= 11 is 7.65. The maximum atomic E-state index is 13.0. The zero-order chi connectivity index (χ0) is 31.6. The van der Waals surface area contributed by atoms with Crippen molar-refractivity contribution >= 4 is 59.6 Å². The van der Waals surface area contributed by atoms with Gasteiger partial charge in [-0.1, -0.05) is 93.7 Å². The van der Waals surface area contributed by atoms with Crippen LogP contribution in [0.2, 0.25) is 0 Å². The summed E-state index contributed by atoms with van der Waals surface area (Å²) in [5.41, 5.74) is 10.4. The molecule has 46 heavy (non-hydrogen) atoms. The topological polar surface area (TPSA) is 52.1 Å². The molecule has 2 heterocycles. The van der Waals surface area contributed by atoms with Crippen molar-refractivity contribution in [2.24, 2.45) is 0 Å². The second kappa shape index (κ2) is 11.1. The Labute approximate surface area is 285 Å². The lowest BCUT2D eigenvalue weighted by molar-refractivity contribution is -0.141. The number of carbonyl (C=O) groups is 1. The number of methoxy groups -OCH3 is 1. The Balaban J connectivity index is 1.46. The van der Waals surface area contributed by atoms with Crippen LogP contribution < -0.4 is 0 Å². The second-order valence-corrected chi connectivity index (χ2v) is 14.5. The molecule has 0 N–H and O–H groups in total. The van der Waals surface area contributed by atoms with E-state index in [-0.39, 0.29) is 11.4 Å². The smallest absolute Gasteiger partial charge is 0.305 e. The fourth-order valence-electron chi connectivity index (χ4n) is 8.36. The van der Waals surface area contributed by atoms with Gasteiger partial charge in [0.15, 0.2) is 0 Å². The van der Waals surface area contributed by atoms with Crippen molar-refractivity contribution in [3.05, 3.63) is 128 Å². The van der Waals surface area contributed by atoms with E-state index in [2.05, 4.69) is 130 Å². The average molecular weight is 733 g/mol. The maximum absolute atomic E-state index is 13.0. The number of carbonyl (C=O) groups excluding carboxylic acids is 1. The number of ether oxygens (including phenoxy) is 1. The molecule has 0 aliphatic heterocycles. The monoisotopic (exact) mass is 730 g/mol. The van der Waals surface area contributed by atoms with Gasteiger partial charge < -0.3 is 4.74 Å². The van der Waals surface area contributed by atoms with E-state index >= 15 is 0 Å². The quantitative estimate of drug-likeness (QED) is 0.153. The minimum absolute atomic E-state index is 0.203. The van der Waals surface area contributed by atoms with Crippen LogP contribution in [0, 0.1) is 0 Å². The zero-order valence-electron chi connectivity index (χ0n) is 25.7. The first-order chi connectivity index (χ1) is 22.4. The predicted octanol–water partition coefficient (Wildman–Crippen LogP) is 10.7. The second-order valence-electron chi connectivity index (χ2n) is 12.7. The number of halogens is 2. The standard InChI is InChI=1S/C40H32Br2N2O2/c1-3-17-39(30-21-26(41)12-14-28(30)37-32(39)19-24-8-4-6-10-34(24)43-37)23-40(18-16-36(45)46-2)31-22-27(42)13-15-29(31)38-33(40)20-25-9-5-7-11-35(25)44-38/h4-15,19-22H,3,16-18,23H2,1-2H3/t39-,40+/m1/s1. The van der Waals surface area contributed by atoms with E-state index in [0.29, 0.717) is 12.8 Å². The van der Waals surface area contributed by atoms with Crippen molar-refractivity contribution in [2.75, 3.05) is 7.11 Å². The number of esters is 1. The van der Waals surface area contributed by atoms with E-state index in [1.165, 1.54) is 34.9 Å². The molecule has 4 nitrogen and oxygen atoms in total. The van der Waals surface area contributed by atoms with Crippen LogP contribution in [0.1, 0.15) is 61.3 Å². The van der Waals surface area contributed by atoms with Gasteiger partial charge in [-0.15, -0.1) is 0 Å². The molecule has 2 aliphatic carbocycles. The molecular formula is C40H32Br2N2O2. The summed E-state index contributed by atoms with van der Waals surface area (Å²) in [6, 6.07) is 34.7. The molecule has 2 aromatic heterocycles. The molecule has 228 valence electrons. The lowest BCUT2D eigenvalue weighted by Crippen LogP contribution is -2.38. The maximum Gasteiger partial charge on any atom is 0.305 e. The van der Waals surface area contributed by atoms with Crippen LogP contribution in [0.15, 0.2) is 106 Å². The molecule has 6 heteroatoms. The highest BCUT2D eigenvalue weighted by molar-refractivity contribution is 9.10. The molecule has 0 amide bonds. The van der Waals surface area contributed by atoms with Crippen LogP contribution in [-0.4, -0.2) is 23.0 Å². The predicted molar refractivity (Wildman–Crippen MR) is 192 cm³/mol. The summed E-state index contributed by atoms with van der Waals surface area (Å²) < 4.78 is 7.33. The fraction of sp³-hybridized carbons (Fsp3) is 0.225. The summed E-state index contributed by atoms with van der Waals surface area (Å²) in [6.07, 6.45) is 3.58. The van der Waals surface area contributed by atoms with E-state index in [9.17, 15) is 4.79 Å². The Morgan fingerprint density at radius 3 is 1.67 bits per heavy atom. The number of benzene rings is 4. The van der Waals surface area contributed by atoms with Gasteiger partial charge in [-0.3, -0.25) is 4.79 Å². The summed E-state index contributed by atoms with van der Waals surface area (Å²) in [7, 11) is 1.48. The van der Waals surface area contributed by atoms with Gasteiger partial charge in [0, 0.05) is 48.1 Å². The van der Waals surface area contributed by atoms with Gasteiger partial charge in [-0.2, -0.15) is 0 Å². The van der Waals surface area contributed by atoms with Gasteiger partial charge in [0.2, 0.25) is 0 Å². The third kappa shape index (κ3) is 4.40. The normalized spacial score (nSPS) is 19.1. The molecule has 0 unspecified atom stereocenters. The molecule has 0 spiro atoms. The lowest BCUT2D eigenvalue weighted by Gasteiger charge is -2.42. The number of para-hydroxylation sites is 2. The Hall–Kier alpha value is -3.87. The van der Waals surface area contributed by atoms with Crippen molar-refractivity contribution in [3.8, 4) is 22.5 Å². The summed E-state index contributed by atoms with van der Waals surface area (Å²) in [6.45, 7) is 2.27. The highest BCUT2D eigenvalue weighted by Gasteiger charge is 2.53. The van der Waals surface area contributed by atoms with Crippen molar-refractivity contribution in [2.45, 2.75) is 49.9 Å². The minimum atomic E-state index is -0.526. The van der Waals surface area contributed by atoms with E-state index in [1.807, 2.05) is 6.07 Å². The number of hydrogen-bond acceptors (Lipinski definition) is 4. The molecule has 2 atom stereocenters. The Kier molecular flexibility index (Phi) is 7.15. The Morgan fingerprint density at radius 2 is 1.17 bits per heavy atom. The van der Waals surface area contributed by atoms with Gasteiger partial charge in [0.05, 0.1) is 29.5 Å². The van der Waals surface area contributed by atoms with Gasteiger partial charge in [0.25, 0.3) is 0 Å². The molecule has 2 aliphatic rings. The SMILES string of the molecule is CCC[C@@]1(C[C@@]2(CCC(=O)OC)c3cc(Br)ccc3-c3nc4ccccc4cc32)c2cc(Br)ccc2-c2nc3ccccc3cc21. The molecule has 4 aromatic carbocycles. The van der Waals surface area contributed by atoms with Crippen LogP contribution in [0.25, 0.3) is 44.3 Å². The van der Waals surface area contributed by atoms with Gasteiger partial charge in [0.1, 0.15) is 0 Å². The molecule has 0 fully saturated rings. The number of rotatable bonds is 7. The number of nitrogens with zero attached hydrogens (tertiary/aromatic N) is 2. The minimum Gasteiger partial charge on any atom is -0.469 e. The molecule has 0 saturated heterocycles. The van der Waals surface area contributed by atoms with Crippen LogP contribution in [0.3, 0.4) is 0 Å². The summed E-state index contributed by atoms with van der Waals surface area (Å²) in [4.78, 5) is 23.6. The van der Waals surface area contributed by atoms with Gasteiger partial charge in [-0.05, 0) is 90.0 Å². The van der Waals surface area contributed by atoms with Crippen molar-refractivity contribution in [1.29, 1.82) is 0 Å². The molecule has 0 saturated carbocycles. The first-order valence-corrected chi connectivity index (χ1v) is 17.4. The lowest BCUT2D eigenvalue weighted by atomic mass is 9.60. The van der Waals surface area contributed by atoms with Crippen molar-refractivity contribution in [3.63, 3.8) is 0 Å². The first kappa shape index (κ1) is 29.5. The fourth-order valence-corrected chi connectivity index (χ4v) is 9.08. The molecular weight excluding hydrogens is 700 g/mol. The van der Waals surface area contributed by atoms with Gasteiger partial charge in [-0.25, -0.2) is 9.97 Å². The number of aromatic nitrogens is 2. The molecule has 8 rings (SSSR count). The first-order valence-electron chi connectivity index (χ1n) is 15.8. The molecule has 6 aromatic rings. The van der Waals surface area contributed by atoms with Crippen LogP contribution in [0.4, 0.5) is 0 Å². The van der Waals surface area contributed by atoms with Crippen molar-refractivity contribution < 1.29 is 9.53 Å². The van der Waals surface area contributed by atoms with E-state index in [1.54, 1.807) is 0 Å². The highest BCUT2D eigenvalue weighted by atomic mass is 79.9. The number of pyridine rings is 2. The van der Waals surface area contributed by atoms with E-state index < -0.39 is 5.41 Å². The highest BCUT2D eigenvalue weighted by Crippen LogP contribution is 2.62. The summed E-state index contributed by atoms with van der Waals surface area (Å²) in [5.74, 6) is -0.203. The third-order valence-corrected chi connectivity index (χ3v) is 11.2. The van der Waals surface area contributed by atoms with E-state index in [4.69, 9.17) is 14.7 Å². The largest absolute Gasteiger partial charge is 0.469 e. The number of fused-ring (bicyclic) bond motifs is 8. The third-order valence-electron chi connectivity index (χ3n) is 10.2. The number of hydrogen-bond donors (Lipinski definition) is 0. The van der Waals surface area contributed by atoms with Crippen LogP contribution in [-0.2, 0) is 20.4 Å². The Bertz CT molecular complexity index is 2210. The van der Waals surface area contributed by atoms with Crippen molar-refractivity contribution in [1.82, 2.24) is 9.97 Å². The van der Waals surface area contributed by atoms with E-state index in [0.717, 1.165) is 67.0 Å². The summed E-state index contributed by atoms with van der Waals surface area (Å²) in [5, 5.41) is 2.24. The van der Waals surface area contributed by atoms with Gasteiger partial charge >= 0.3 is 5.97 Å². The van der Waals surface area contributed by atoms with Crippen LogP contribution >= 0.6 is 31.9 Å². The van der Waals surface area contributed by atoms with Crippen LogP contribution in [0.5, 0.6) is 0 Å².